The molecule has 136 valence electrons. The van der Waals surface area contributed by atoms with E-state index in [1.165, 1.54) is 0 Å². The van der Waals surface area contributed by atoms with Crippen LogP contribution in [0, 0.1) is 11.8 Å². The first kappa shape index (κ1) is 20.0. The van der Waals surface area contributed by atoms with E-state index in [1.54, 1.807) is 6.92 Å². The lowest BCUT2D eigenvalue weighted by molar-refractivity contribution is -0.344. The van der Waals surface area contributed by atoms with E-state index in [9.17, 15) is 39.9 Å². The van der Waals surface area contributed by atoms with Crippen molar-refractivity contribution in [1.82, 2.24) is 0 Å². The maximum Gasteiger partial charge on any atom is 0.381 e. The average molecular weight is 356 g/mol. The first-order valence-corrected chi connectivity index (χ1v) is 6.93. The van der Waals surface area contributed by atoms with Gasteiger partial charge in [0, 0.05) is 0 Å². The molecule has 0 radical (unpaired) electrons. The molecule has 0 bridgehead atoms. The van der Waals surface area contributed by atoms with Gasteiger partial charge < -0.3 is 4.74 Å². The number of carbonyl (C=O) groups excluding carboxylic acids is 1. The summed E-state index contributed by atoms with van der Waals surface area (Å²) in [5, 5.41) is 0. The van der Waals surface area contributed by atoms with Gasteiger partial charge in [-0.25, -0.2) is 8.78 Å². The molecule has 0 N–H and O–H groups in total. The third-order valence-corrected chi connectivity index (χ3v) is 3.96. The average Bonchev–Trinajstić information content (AvgIpc) is 2.44. The zero-order valence-electron chi connectivity index (χ0n) is 12.1. The summed E-state index contributed by atoms with van der Waals surface area (Å²) >= 11 is 0. The molecule has 2 nitrogen and oxygen atoms in total. The van der Waals surface area contributed by atoms with E-state index >= 15 is 0 Å². The zero-order chi connectivity index (χ0) is 18.1. The number of alkyl halides is 8. The van der Waals surface area contributed by atoms with Gasteiger partial charge in [-0.15, -0.1) is 0 Å². The van der Waals surface area contributed by atoms with Crippen LogP contribution in [0.3, 0.4) is 0 Å². The molecule has 1 aliphatic rings. The Morgan fingerprint density at radius 1 is 1.09 bits per heavy atom. The van der Waals surface area contributed by atoms with E-state index in [2.05, 4.69) is 4.74 Å². The van der Waals surface area contributed by atoms with Gasteiger partial charge in [0.05, 0.1) is 5.92 Å². The zero-order valence-corrected chi connectivity index (χ0v) is 12.1. The van der Waals surface area contributed by atoms with Crippen LogP contribution in [0.4, 0.5) is 35.1 Å². The lowest BCUT2D eigenvalue weighted by Gasteiger charge is -2.32. The number of carbonyl (C=O) groups is 1. The molecule has 0 heterocycles. The Kier molecular flexibility index (Phi) is 5.90. The number of hydrogen-bond donors (Lipinski definition) is 0. The van der Waals surface area contributed by atoms with Gasteiger partial charge in [0.15, 0.2) is 6.61 Å². The summed E-state index contributed by atoms with van der Waals surface area (Å²) in [7, 11) is 0. The number of halogens is 8. The molecular formula is C13H16F8O2. The van der Waals surface area contributed by atoms with Crippen LogP contribution in [0.15, 0.2) is 0 Å². The first-order valence-electron chi connectivity index (χ1n) is 6.93. The molecule has 0 aromatic heterocycles. The van der Waals surface area contributed by atoms with Gasteiger partial charge in [0.2, 0.25) is 0 Å². The van der Waals surface area contributed by atoms with Crippen molar-refractivity contribution in [3.8, 4) is 0 Å². The van der Waals surface area contributed by atoms with E-state index < -0.39 is 42.7 Å². The highest BCUT2D eigenvalue weighted by atomic mass is 19.4. The minimum Gasteiger partial charge on any atom is -0.459 e. The summed E-state index contributed by atoms with van der Waals surface area (Å²) in [6.45, 7) is -0.743. The van der Waals surface area contributed by atoms with Crippen molar-refractivity contribution < 1.29 is 44.7 Å². The van der Waals surface area contributed by atoms with Crippen LogP contribution in [0.25, 0.3) is 0 Å². The van der Waals surface area contributed by atoms with E-state index in [-0.39, 0.29) is 5.92 Å². The van der Waals surface area contributed by atoms with Crippen molar-refractivity contribution >= 4 is 5.97 Å². The Bertz CT molecular complexity index is 424. The predicted molar refractivity (Wildman–Crippen MR) is 62.9 cm³/mol. The number of hydrogen-bond acceptors (Lipinski definition) is 2. The molecule has 0 amide bonds. The van der Waals surface area contributed by atoms with E-state index in [0.29, 0.717) is 19.3 Å². The van der Waals surface area contributed by atoms with E-state index in [0.717, 1.165) is 6.42 Å². The van der Waals surface area contributed by atoms with Gasteiger partial charge in [-0.3, -0.25) is 4.79 Å². The highest BCUT2D eigenvalue weighted by molar-refractivity contribution is 5.72. The van der Waals surface area contributed by atoms with Crippen molar-refractivity contribution in [1.29, 1.82) is 0 Å². The summed E-state index contributed by atoms with van der Waals surface area (Å²) in [6.07, 6.45) is -2.66. The van der Waals surface area contributed by atoms with Crippen LogP contribution in [0.2, 0.25) is 0 Å². The van der Waals surface area contributed by atoms with Crippen LogP contribution in [-0.4, -0.2) is 36.8 Å². The Labute approximate surface area is 127 Å². The van der Waals surface area contributed by atoms with Gasteiger partial charge >= 0.3 is 30.2 Å². The second kappa shape index (κ2) is 6.80. The second-order valence-corrected chi connectivity index (χ2v) is 5.68. The van der Waals surface area contributed by atoms with Gasteiger partial charge in [-0.1, -0.05) is 19.8 Å². The Morgan fingerprint density at radius 3 is 2.09 bits per heavy atom. The maximum atomic E-state index is 13.2. The van der Waals surface area contributed by atoms with Crippen molar-refractivity contribution in [2.24, 2.45) is 11.8 Å². The molecule has 1 aliphatic carbocycles. The lowest BCUT2D eigenvalue weighted by atomic mass is 9.80. The molecule has 23 heavy (non-hydrogen) atoms. The summed E-state index contributed by atoms with van der Waals surface area (Å²) in [5.74, 6) is -20.5. The number of esters is 1. The third-order valence-electron chi connectivity index (χ3n) is 3.96. The van der Waals surface area contributed by atoms with Crippen LogP contribution in [-0.2, 0) is 9.53 Å². The highest BCUT2D eigenvalue weighted by Crippen LogP contribution is 2.48. The monoisotopic (exact) mass is 356 g/mol. The second-order valence-electron chi connectivity index (χ2n) is 5.68. The summed E-state index contributed by atoms with van der Waals surface area (Å²) in [5.41, 5.74) is 0. The van der Waals surface area contributed by atoms with Gasteiger partial charge in [-0.2, -0.15) is 26.3 Å². The van der Waals surface area contributed by atoms with Gasteiger partial charge in [-0.05, 0) is 18.8 Å². The fourth-order valence-electron chi connectivity index (χ4n) is 2.41. The van der Waals surface area contributed by atoms with E-state index in [4.69, 9.17) is 0 Å². The van der Waals surface area contributed by atoms with Gasteiger partial charge in [0.25, 0.3) is 0 Å². The topological polar surface area (TPSA) is 26.3 Å². The summed E-state index contributed by atoms with van der Waals surface area (Å²) < 4.78 is 106. The molecular weight excluding hydrogens is 340 g/mol. The fourth-order valence-corrected chi connectivity index (χ4v) is 2.41. The molecule has 0 spiro atoms. The maximum absolute atomic E-state index is 13.2. The Morgan fingerprint density at radius 2 is 1.61 bits per heavy atom. The Hall–Kier alpha value is -1.09. The van der Waals surface area contributed by atoms with Crippen molar-refractivity contribution in [3.05, 3.63) is 0 Å². The SMILES string of the molecule is CC1CCCCC1C(=O)OCC(F)(F)C(F)(F)C(F)(F)C(F)F. The van der Waals surface area contributed by atoms with Gasteiger partial charge in [0.1, 0.15) is 0 Å². The smallest absolute Gasteiger partial charge is 0.381 e. The van der Waals surface area contributed by atoms with Crippen LogP contribution < -0.4 is 0 Å². The number of ether oxygens (including phenoxy) is 1. The van der Waals surface area contributed by atoms with E-state index in [1.807, 2.05) is 0 Å². The van der Waals surface area contributed by atoms with Crippen molar-refractivity contribution in [2.45, 2.75) is 56.8 Å². The normalized spacial score (nSPS) is 23.9. The quantitative estimate of drug-likeness (QED) is 0.516. The van der Waals surface area contributed by atoms with Crippen LogP contribution in [0.1, 0.15) is 32.6 Å². The minimum absolute atomic E-state index is 0.229. The molecule has 2 atom stereocenters. The minimum atomic E-state index is -6.35. The highest BCUT2D eigenvalue weighted by Gasteiger charge is 2.75. The molecule has 0 aliphatic heterocycles. The lowest BCUT2D eigenvalue weighted by Crippen LogP contribution is -2.59. The van der Waals surface area contributed by atoms with Crippen LogP contribution in [0.5, 0.6) is 0 Å². The predicted octanol–water partition coefficient (Wildman–Crippen LogP) is 4.53. The third kappa shape index (κ3) is 3.88. The molecule has 1 rings (SSSR count). The number of rotatable bonds is 6. The molecule has 10 heteroatoms. The molecule has 0 aromatic carbocycles. The molecule has 0 aromatic rings. The molecule has 1 fully saturated rings. The molecule has 2 unspecified atom stereocenters. The molecule has 0 saturated heterocycles. The largest absolute Gasteiger partial charge is 0.459 e. The fraction of sp³-hybridized carbons (Fsp3) is 0.923. The summed E-state index contributed by atoms with van der Waals surface area (Å²) in [6, 6.07) is 0. The Balaban J connectivity index is 2.76. The molecule has 1 saturated carbocycles. The van der Waals surface area contributed by atoms with Crippen LogP contribution >= 0.6 is 0 Å². The summed E-state index contributed by atoms with van der Waals surface area (Å²) in [4.78, 5) is 11.6. The van der Waals surface area contributed by atoms with Crippen molar-refractivity contribution in [2.75, 3.05) is 6.61 Å². The van der Waals surface area contributed by atoms with Crippen molar-refractivity contribution in [3.63, 3.8) is 0 Å². The standard InChI is InChI=1S/C13H16F8O2/c1-7-4-2-3-5-8(7)9(22)23-6-11(16,17)13(20,21)12(18,19)10(14)15/h7-8,10H,2-6H2,1H3. The first-order chi connectivity index (χ1) is 10.3.